The Morgan fingerprint density at radius 1 is 1.15 bits per heavy atom. The number of aryl methyl sites for hydroxylation is 3. The van der Waals surface area contributed by atoms with Gasteiger partial charge >= 0.3 is 0 Å². The molecule has 7 heteroatoms. The van der Waals surface area contributed by atoms with Crippen molar-refractivity contribution in [3.63, 3.8) is 0 Å². The first-order chi connectivity index (χ1) is 9.47. The molecule has 5 nitrogen and oxygen atoms in total. The Hall–Kier alpha value is -2.31. The van der Waals surface area contributed by atoms with Crippen LogP contribution >= 0.6 is 0 Å². The van der Waals surface area contributed by atoms with E-state index < -0.39 is 6.43 Å². The van der Waals surface area contributed by atoms with Crippen molar-refractivity contribution in [3.05, 3.63) is 29.6 Å². The zero-order chi connectivity index (χ0) is 14.4. The lowest BCUT2D eigenvalue weighted by Crippen LogP contribution is -1.97. The Bertz CT molecular complexity index is 788. The summed E-state index contributed by atoms with van der Waals surface area (Å²) >= 11 is 0. The quantitative estimate of drug-likeness (QED) is 0.723. The average Bonchev–Trinajstić information content (AvgIpc) is 2.94. The average molecular weight is 277 g/mol. The molecule has 0 unspecified atom stereocenters. The van der Waals surface area contributed by atoms with Gasteiger partial charge < -0.3 is 0 Å². The molecule has 0 aromatic carbocycles. The summed E-state index contributed by atoms with van der Waals surface area (Å²) in [6.45, 7) is 1.70. The Balaban J connectivity index is 2.33. The van der Waals surface area contributed by atoms with E-state index in [1.54, 1.807) is 38.0 Å². The van der Waals surface area contributed by atoms with Crippen LogP contribution in [0.5, 0.6) is 0 Å². The molecule has 0 aliphatic carbocycles. The highest BCUT2D eigenvalue weighted by Crippen LogP contribution is 2.32. The molecule has 3 aromatic rings. The van der Waals surface area contributed by atoms with Gasteiger partial charge in [0.2, 0.25) is 0 Å². The molecule has 0 saturated heterocycles. The summed E-state index contributed by atoms with van der Waals surface area (Å²) in [5, 5.41) is 8.79. The molecular formula is C13H13F2N5. The molecule has 3 aromatic heterocycles. The molecule has 0 radical (unpaired) electrons. The molecule has 0 spiro atoms. The number of hydrogen-bond donors (Lipinski definition) is 0. The van der Waals surface area contributed by atoms with Crippen LogP contribution in [0.3, 0.4) is 0 Å². The van der Waals surface area contributed by atoms with Gasteiger partial charge in [0.05, 0.1) is 16.8 Å². The third kappa shape index (κ3) is 1.86. The van der Waals surface area contributed by atoms with Crippen molar-refractivity contribution in [2.75, 3.05) is 0 Å². The van der Waals surface area contributed by atoms with Gasteiger partial charge in [-0.3, -0.25) is 9.36 Å². The molecule has 0 aliphatic rings. The topological polar surface area (TPSA) is 48.5 Å². The largest absolute Gasteiger partial charge is 0.275 e. The maximum Gasteiger partial charge on any atom is 0.264 e. The molecular weight excluding hydrogens is 264 g/mol. The highest BCUT2D eigenvalue weighted by atomic mass is 19.3. The van der Waals surface area contributed by atoms with Crippen LogP contribution in [0, 0.1) is 6.92 Å². The van der Waals surface area contributed by atoms with Crippen molar-refractivity contribution in [2.45, 2.75) is 13.3 Å². The van der Waals surface area contributed by atoms with Crippen molar-refractivity contribution in [2.24, 2.45) is 14.1 Å². The highest BCUT2D eigenvalue weighted by molar-refractivity contribution is 5.85. The molecule has 3 heterocycles. The van der Waals surface area contributed by atoms with Gasteiger partial charge in [-0.25, -0.2) is 13.8 Å². The van der Waals surface area contributed by atoms with Gasteiger partial charge in [-0.1, -0.05) is 0 Å². The minimum Gasteiger partial charge on any atom is -0.275 e. The first kappa shape index (κ1) is 12.7. The van der Waals surface area contributed by atoms with Gasteiger partial charge in [-0.05, 0) is 19.1 Å². The number of pyridine rings is 1. The molecule has 0 N–H and O–H groups in total. The zero-order valence-electron chi connectivity index (χ0n) is 11.3. The van der Waals surface area contributed by atoms with Crippen molar-refractivity contribution in [1.82, 2.24) is 24.5 Å². The number of fused-ring (bicyclic) bond motifs is 1. The molecule has 0 aliphatic heterocycles. The molecule has 0 atom stereocenters. The Morgan fingerprint density at radius 2 is 1.90 bits per heavy atom. The Labute approximate surface area is 113 Å². The molecule has 3 rings (SSSR count). The normalized spacial score (nSPS) is 11.7. The van der Waals surface area contributed by atoms with Crippen LogP contribution in [0.2, 0.25) is 0 Å². The van der Waals surface area contributed by atoms with Gasteiger partial charge in [-0.2, -0.15) is 10.2 Å². The van der Waals surface area contributed by atoms with Crippen LogP contribution in [0.1, 0.15) is 17.7 Å². The van der Waals surface area contributed by atoms with Crippen LogP contribution in [0.25, 0.3) is 22.4 Å². The molecule has 0 amide bonds. The number of hydrogen-bond acceptors (Lipinski definition) is 3. The fourth-order valence-corrected chi connectivity index (χ4v) is 2.33. The minimum atomic E-state index is -2.58. The van der Waals surface area contributed by atoms with Crippen LogP contribution in [0.15, 0.2) is 18.3 Å². The molecule has 0 saturated carbocycles. The van der Waals surface area contributed by atoms with Crippen LogP contribution in [0.4, 0.5) is 8.78 Å². The molecule has 104 valence electrons. The second kappa shape index (κ2) is 4.36. The van der Waals surface area contributed by atoms with Crippen LogP contribution in [-0.2, 0) is 14.1 Å². The number of aromatic nitrogens is 5. The lowest BCUT2D eigenvalue weighted by atomic mass is 10.1. The zero-order valence-corrected chi connectivity index (χ0v) is 11.3. The third-order valence-electron chi connectivity index (χ3n) is 3.21. The summed E-state index contributed by atoms with van der Waals surface area (Å²) in [4.78, 5) is 4.41. The number of alkyl halides is 2. The molecule has 0 bridgehead atoms. The van der Waals surface area contributed by atoms with Crippen molar-refractivity contribution < 1.29 is 8.78 Å². The maximum absolute atomic E-state index is 13.3. The summed E-state index contributed by atoms with van der Waals surface area (Å²) < 4.78 is 29.7. The van der Waals surface area contributed by atoms with E-state index in [9.17, 15) is 8.78 Å². The highest BCUT2D eigenvalue weighted by Gasteiger charge is 2.20. The van der Waals surface area contributed by atoms with Gasteiger partial charge in [-0.15, -0.1) is 0 Å². The Morgan fingerprint density at radius 3 is 2.50 bits per heavy atom. The van der Waals surface area contributed by atoms with Gasteiger partial charge in [0.15, 0.2) is 5.65 Å². The summed E-state index contributed by atoms with van der Waals surface area (Å²) in [6, 6.07) is 3.14. The lowest BCUT2D eigenvalue weighted by molar-refractivity contribution is 0.153. The fraction of sp³-hybridized carbons (Fsp3) is 0.308. The molecule has 0 fully saturated rings. The summed E-state index contributed by atoms with van der Waals surface area (Å²) in [7, 11) is 3.46. The predicted octanol–water partition coefficient (Wildman–Crippen LogP) is 2.61. The van der Waals surface area contributed by atoms with Crippen LogP contribution < -0.4 is 0 Å². The van der Waals surface area contributed by atoms with Gasteiger partial charge in [0, 0.05) is 25.9 Å². The summed E-state index contributed by atoms with van der Waals surface area (Å²) in [6.07, 6.45) is -0.830. The predicted molar refractivity (Wildman–Crippen MR) is 70.4 cm³/mol. The van der Waals surface area contributed by atoms with Crippen molar-refractivity contribution >= 4 is 11.0 Å². The number of nitrogens with zero attached hydrogens (tertiary/aromatic N) is 5. The van der Waals surface area contributed by atoms with E-state index in [0.717, 1.165) is 0 Å². The smallest absolute Gasteiger partial charge is 0.264 e. The van der Waals surface area contributed by atoms with E-state index in [4.69, 9.17) is 0 Å². The monoisotopic (exact) mass is 277 g/mol. The van der Waals surface area contributed by atoms with E-state index >= 15 is 0 Å². The SMILES string of the molecule is Cc1nn(C)c2nc(-c3ccn(C)n3)cc(C(F)F)c12. The standard InChI is InChI=1S/C13H13F2N5/c1-7-11-8(12(14)15)6-10(9-4-5-19(2)18-9)16-13(11)20(3)17-7/h4-6,12H,1-3H3. The van der Waals surface area contributed by atoms with Crippen molar-refractivity contribution in [1.29, 1.82) is 0 Å². The fourth-order valence-electron chi connectivity index (χ4n) is 2.33. The third-order valence-corrected chi connectivity index (χ3v) is 3.21. The first-order valence-corrected chi connectivity index (χ1v) is 6.10. The van der Waals surface area contributed by atoms with E-state index in [2.05, 4.69) is 15.2 Å². The van der Waals surface area contributed by atoms with E-state index in [1.807, 2.05) is 0 Å². The number of rotatable bonds is 2. The maximum atomic E-state index is 13.3. The number of halogens is 2. The summed E-state index contributed by atoms with van der Waals surface area (Å²) in [5.41, 5.74) is 1.94. The second-order valence-corrected chi connectivity index (χ2v) is 4.68. The van der Waals surface area contributed by atoms with Crippen molar-refractivity contribution in [3.8, 4) is 11.4 Å². The minimum absolute atomic E-state index is 0.0544. The van der Waals surface area contributed by atoms with Gasteiger partial charge in [0.25, 0.3) is 6.43 Å². The second-order valence-electron chi connectivity index (χ2n) is 4.68. The van der Waals surface area contributed by atoms with E-state index in [1.165, 1.54) is 10.7 Å². The lowest BCUT2D eigenvalue weighted by Gasteiger charge is -2.05. The Kier molecular flexibility index (Phi) is 2.77. The van der Waals surface area contributed by atoms with E-state index in [-0.39, 0.29) is 5.56 Å². The van der Waals surface area contributed by atoms with Crippen LogP contribution in [-0.4, -0.2) is 24.5 Å². The molecule has 20 heavy (non-hydrogen) atoms. The summed E-state index contributed by atoms with van der Waals surface area (Å²) in [5.74, 6) is 0. The van der Waals surface area contributed by atoms with E-state index in [0.29, 0.717) is 28.1 Å². The van der Waals surface area contributed by atoms with Gasteiger partial charge in [0.1, 0.15) is 5.69 Å². The first-order valence-electron chi connectivity index (χ1n) is 6.10.